The molecule has 146 valence electrons. The minimum Gasteiger partial charge on any atom is -0.382 e. The van der Waals surface area contributed by atoms with Crippen LogP contribution in [0.3, 0.4) is 0 Å². The van der Waals surface area contributed by atoms with E-state index >= 15 is 0 Å². The van der Waals surface area contributed by atoms with Crippen molar-refractivity contribution in [1.29, 1.82) is 0 Å². The summed E-state index contributed by atoms with van der Waals surface area (Å²) >= 11 is 0. The van der Waals surface area contributed by atoms with Crippen molar-refractivity contribution in [3.63, 3.8) is 0 Å². The largest absolute Gasteiger partial charge is 0.382 e. The number of H-pyrrole nitrogens is 1. The highest BCUT2D eigenvalue weighted by Crippen LogP contribution is 2.27. The summed E-state index contributed by atoms with van der Waals surface area (Å²) in [6, 6.07) is 13.6. The van der Waals surface area contributed by atoms with E-state index in [1.54, 1.807) is 0 Å². The molecule has 0 saturated carbocycles. The van der Waals surface area contributed by atoms with Crippen molar-refractivity contribution >= 4 is 22.6 Å². The molecule has 4 rings (SSSR count). The summed E-state index contributed by atoms with van der Waals surface area (Å²) in [4.78, 5) is 12.5. The zero-order valence-electron chi connectivity index (χ0n) is 15.9. The SMILES string of the molecule is Nc1n[nH]c2ccc(-c3cccc(C(=O)NCCCC[C@@H]4CCCO4)c3)cc12. The second kappa shape index (κ2) is 8.44. The van der Waals surface area contributed by atoms with Crippen LogP contribution in [-0.2, 0) is 4.74 Å². The average Bonchev–Trinajstić information content (AvgIpc) is 3.37. The van der Waals surface area contributed by atoms with Crippen LogP contribution in [-0.4, -0.2) is 35.4 Å². The number of benzene rings is 2. The first kappa shape index (κ1) is 18.5. The van der Waals surface area contributed by atoms with Gasteiger partial charge >= 0.3 is 0 Å². The first-order valence-corrected chi connectivity index (χ1v) is 9.94. The topological polar surface area (TPSA) is 93.0 Å². The number of hydrogen-bond donors (Lipinski definition) is 3. The number of hydrogen-bond acceptors (Lipinski definition) is 4. The number of nitrogens with zero attached hydrogens (tertiary/aromatic N) is 1. The molecular formula is C22H26N4O2. The number of aromatic nitrogens is 2. The molecule has 0 radical (unpaired) electrons. The molecule has 0 unspecified atom stereocenters. The Hall–Kier alpha value is -2.86. The third kappa shape index (κ3) is 4.17. The number of ether oxygens (including phenoxy) is 1. The van der Waals surface area contributed by atoms with E-state index in [4.69, 9.17) is 10.5 Å². The fraction of sp³-hybridized carbons (Fsp3) is 0.364. The van der Waals surface area contributed by atoms with E-state index in [0.29, 0.717) is 24.0 Å². The quantitative estimate of drug-likeness (QED) is 0.544. The van der Waals surface area contributed by atoms with Gasteiger partial charge in [0.1, 0.15) is 0 Å². The summed E-state index contributed by atoms with van der Waals surface area (Å²) in [5, 5.41) is 10.8. The molecule has 0 spiro atoms. The van der Waals surface area contributed by atoms with Crippen molar-refractivity contribution in [2.45, 2.75) is 38.2 Å². The molecule has 0 bridgehead atoms. The van der Waals surface area contributed by atoms with Crippen LogP contribution in [0.1, 0.15) is 42.5 Å². The number of nitrogen functional groups attached to an aromatic ring is 1. The number of anilines is 1. The maximum Gasteiger partial charge on any atom is 0.251 e. The Morgan fingerprint density at radius 2 is 2.11 bits per heavy atom. The number of carbonyl (C=O) groups excluding carboxylic acids is 1. The molecule has 1 aliphatic rings. The lowest BCUT2D eigenvalue weighted by Crippen LogP contribution is -2.24. The van der Waals surface area contributed by atoms with Gasteiger partial charge in [0, 0.05) is 24.1 Å². The summed E-state index contributed by atoms with van der Waals surface area (Å²) in [7, 11) is 0. The Labute approximate surface area is 164 Å². The number of nitrogens with one attached hydrogen (secondary N) is 2. The van der Waals surface area contributed by atoms with Crippen molar-refractivity contribution in [2.75, 3.05) is 18.9 Å². The summed E-state index contributed by atoms with van der Waals surface area (Å²) in [5.41, 5.74) is 9.46. The van der Waals surface area contributed by atoms with Gasteiger partial charge in [0.2, 0.25) is 0 Å². The number of carbonyl (C=O) groups is 1. The van der Waals surface area contributed by atoms with Crippen LogP contribution in [0.2, 0.25) is 0 Å². The van der Waals surface area contributed by atoms with Gasteiger partial charge in [-0.15, -0.1) is 0 Å². The third-order valence-corrected chi connectivity index (χ3v) is 5.31. The third-order valence-electron chi connectivity index (χ3n) is 5.31. The first-order chi connectivity index (χ1) is 13.7. The van der Waals surface area contributed by atoms with Crippen molar-refractivity contribution in [2.24, 2.45) is 0 Å². The normalized spacial score (nSPS) is 16.5. The second-order valence-electron chi connectivity index (χ2n) is 7.34. The molecule has 2 aromatic carbocycles. The van der Waals surface area contributed by atoms with Gasteiger partial charge in [-0.25, -0.2) is 0 Å². The van der Waals surface area contributed by atoms with Gasteiger partial charge in [-0.3, -0.25) is 9.89 Å². The Bertz CT molecular complexity index is 960. The van der Waals surface area contributed by atoms with Crippen LogP contribution in [0.25, 0.3) is 22.0 Å². The van der Waals surface area contributed by atoms with E-state index in [9.17, 15) is 4.79 Å². The Balaban J connectivity index is 1.35. The van der Waals surface area contributed by atoms with Gasteiger partial charge in [0.15, 0.2) is 5.82 Å². The van der Waals surface area contributed by atoms with Gasteiger partial charge in [0.05, 0.1) is 11.6 Å². The van der Waals surface area contributed by atoms with Crippen LogP contribution in [0, 0.1) is 0 Å². The predicted molar refractivity (Wildman–Crippen MR) is 111 cm³/mol. The number of rotatable bonds is 7. The number of aromatic amines is 1. The lowest BCUT2D eigenvalue weighted by Gasteiger charge is -2.10. The molecule has 1 saturated heterocycles. The molecule has 1 atom stereocenters. The van der Waals surface area contributed by atoms with Crippen LogP contribution < -0.4 is 11.1 Å². The lowest BCUT2D eigenvalue weighted by molar-refractivity contribution is 0.0947. The van der Waals surface area contributed by atoms with E-state index in [-0.39, 0.29) is 5.91 Å². The minimum atomic E-state index is -0.0390. The van der Waals surface area contributed by atoms with Crippen molar-refractivity contribution in [1.82, 2.24) is 15.5 Å². The van der Waals surface area contributed by atoms with Gasteiger partial charge in [-0.1, -0.05) is 18.2 Å². The Morgan fingerprint density at radius 1 is 1.21 bits per heavy atom. The maximum absolute atomic E-state index is 12.5. The average molecular weight is 378 g/mol. The molecule has 28 heavy (non-hydrogen) atoms. The van der Waals surface area contributed by atoms with Gasteiger partial charge in [-0.2, -0.15) is 5.10 Å². The molecule has 2 heterocycles. The summed E-state index contributed by atoms with van der Waals surface area (Å²) in [5.74, 6) is 0.441. The van der Waals surface area contributed by atoms with Crippen LogP contribution in [0.15, 0.2) is 42.5 Å². The van der Waals surface area contributed by atoms with E-state index in [1.807, 2.05) is 42.5 Å². The molecule has 0 aliphatic carbocycles. The summed E-state index contributed by atoms with van der Waals surface area (Å²) in [6.45, 7) is 1.59. The Morgan fingerprint density at radius 3 is 2.96 bits per heavy atom. The molecule has 1 amide bonds. The van der Waals surface area contributed by atoms with Gasteiger partial charge in [0.25, 0.3) is 5.91 Å². The second-order valence-corrected chi connectivity index (χ2v) is 7.34. The van der Waals surface area contributed by atoms with Crippen LogP contribution >= 0.6 is 0 Å². The van der Waals surface area contributed by atoms with Crippen molar-refractivity contribution in [3.8, 4) is 11.1 Å². The smallest absolute Gasteiger partial charge is 0.251 e. The highest BCUT2D eigenvalue weighted by atomic mass is 16.5. The summed E-state index contributed by atoms with van der Waals surface area (Å²) < 4.78 is 5.63. The number of nitrogens with two attached hydrogens (primary N) is 1. The molecule has 1 aliphatic heterocycles. The number of amides is 1. The van der Waals surface area contributed by atoms with Crippen LogP contribution in [0.5, 0.6) is 0 Å². The van der Waals surface area contributed by atoms with E-state index in [0.717, 1.165) is 47.9 Å². The molecule has 1 aromatic heterocycles. The maximum atomic E-state index is 12.5. The van der Waals surface area contributed by atoms with E-state index in [1.165, 1.54) is 12.8 Å². The predicted octanol–water partition coefficient (Wildman–Crippen LogP) is 3.89. The highest BCUT2D eigenvalue weighted by molar-refractivity contribution is 5.96. The molecule has 6 heteroatoms. The van der Waals surface area contributed by atoms with Crippen molar-refractivity contribution < 1.29 is 9.53 Å². The molecular weight excluding hydrogens is 352 g/mol. The van der Waals surface area contributed by atoms with E-state index in [2.05, 4.69) is 15.5 Å². The minimum absolute atomic E-state index is 0.0390. The standard InChI is InChI=1S/C22H26N4O2/c23-21-19-14-16(9-10-20(19)25-26-21)15-5-3-6-17(13-15)22(27)24-11-2-1-7-18-8-4-12-28-18/h3,5-6,9-10,13-14,18H,1-2,4,7-8,11-12H2,(H,24,27)(H3,23,25,26)/t18-/m1/s1. The Kier molecular flexibility index (Phi) is 5.58. The molecule has 4 N–H and O–H groups in total. The number of unbranched alkanes of at least 4 members (excludes halogenated alkanes) is 1. The molecule has 1 fully saturated rings. The number of fused-ring (bicyclic) bond motifs is 1. The van der Waals surface area contributed by atoms with Crippen LogP contribution in [0.4, 0.5) is 5.82 Å². The van der Waals surface area contributed by atoms with Gasteiger partial charge < -0.3 is 15.8 Å². The lowest BCUT2D eigenvalue weighted by atomic mass is 10.0. The fourth-order valence-electron chi connectivity index (χ4n) is 3.73. The van der Waals surface area contributed by atoms with Crippen molar-refractivity contribution in [3.05, 3.63) is 48.0 Å². The van der Waals surface area contributed by atoms with E-state index < -0.39 is 0 Å². The first-order valence-electron chi connectivity index (χ1n) is 9.94. The highest BCUT2D eigenvalue weighted by Gasteiger charge is 2.14. The zero-order chi connectivity index (χ0) is 19.3. The fourth-order valence-corrected chi connectivity index (χ4v) is 3.73. The van der Waals surface area contributed by atoms with Gasteiger partial charge in [-0.05, 0) is 67.5 Å². The summed E-state index contributed by atoms with van der Waals surface area (Å²) in [6.07, 6.45) is 5.92. The molecule has 6 nitrogen and oxygen atoms in total. The zero-order valence-corrected chi connectivity index (χ0v) is 15.9. The molecule has 3 aromatic rings. The monoisotopic (exact) mass is 378 g/mol.